The molecule has 0 aliphatic rings. The number of hydrogen-bond acceptors (Lipinski definition) is 2. The number of alkyl halides is 1. The van der Waals surface area contributed by atoms with Crippen molar-refractivity contribution in [3.05, 3.63) is 17.5 Å². The number of hydrogen-bond donors (Lipinski definition) is 0. The Hall–Kier alpha value is -0.830. The lowest BCUT2D eigenvalue weighted by molar-refractivity contribution is 0.112. The van der Waals surface area contributed by atoms with Crippen LogP contribution in [0, 0.1) is 0 Å². The molecular formula is C9H13ClN2O. The Labute approximate surface area is 82.7 Å². The summed E-state index contributed by atoms with van der Waals surface area (Å²) in [5.41, 5.74) is 1.26. The third kappa shape index (κ3) is 2.10. The summed E-state index contributed by atoms with van der Waals surface area (Å²) in [6, 6.07) is 0.315. The highest BCUT2D eigenvalue weighted by atomic mass is 35.5. The predicted octanol–water partition coefficient (Wildman–Crippen LogP) is 2.41. The third-order valence-electron chi connectivity index (χ3n) is 2.14. The van der Waals surface area contributed by atoms with E-state index in [2.05, 4.69) is 18.9 Å². The van der Waals surface area contributed by atoms with Gasteiger partial charge < -0.3 is 0 Å². The first-order chi connectivity index (χ1) is 6.22. The lowest BCUT2D eigenvalue weighted by atomic mass is 10.2. The van der Waals surface area contributed by atoms with Gasteiger partial charge >= 0.3 is 0 Å². The van der Waals surface area contributed by atoms with Gasteiger partial charge in [-0.2, -0.15) is 5.10 Å². The maximum absolute atomic E-state index is 10.6. The SMILES string of the molecule is CCC(C)n1cc(C=O)c(CCl)n1. The zero-order valence-electron chi connectivity index (χ0n) is 7.83. The van der Waals surface area contributed by atoms with E-state index in [0.717, 1.165) is 12.7 Å². The van der Waals surface area contributed by atoms with Crippen molar-refractivity contribution in [2.75, 3.05) is 0 Å². The van der Waals surface area contributed by atoms with Gasteiger partial charge in [0, 0.05) is 12.2 Å². The monoisotopic (exact) mass is 200 g/mol. The molecule has 0 aliphatic carbocycles. The Kier molecular flexibility index (Phi) is 3.48. The number of carbonyl (C=O) groups is 1. The summed E-state index contributed by atoms with van der Waals surface area (Å²) in [5.74, 6) is 0.289. The fraction of sp³-hybridized carbons (Fsp3) is 0.556. The molecule has 0 aliphatic heterocycles. The molecule has 3 nitrogen and oxygen atoms in total. The largest absolute Gasteiger partial charge is 0.298 e. The van der Waals surface area contributed by atoms with Crippen molar-refractivity contribution in [3.8, 4) is 0 Å². The van der Waals surface area contributed by atoms with Crippen LogP contribution in [0.25, 0.3) is 0 Å². The molecule has 1 atom stereocenters. The lowest BCUT2D eigenvalue weighted by Gasteiger charge is -2.07. The van der Waals surface area contributed by atoms with Gasteiger partial charge in [0.1, 0.15) is 0 Å². The molecule has 72 valence electrons. The van der Waals surface area contributed by atoms with Gasteiger partial charge in [-0.05, 0) is 13.3 Å². The van der Waals surface area contributed by atoms with E-state index in [4.69, 9.17) is 11.6 Å². The minimum Gasteiger partial charge on any atom is -0.298 e. The summed E-state index contributed by atoms with van der Waals surface area (Å²) in [6.07, 6.45) is 3.53. The molecule has 0 bridgehead atoms. The molecule has 0 radical (unpaired) electrons. The second-order valence-electron chi connectivity index (χ2n) is 3.02. The summed E-state index contributed by atoms with van der Waals surface area (Å²) in [5, 5.41) is 4.22. The highest BCUT2D eigenvalue weighted by molar-refractivity contribution is 6.17. The van der Waals surface area contributed by atoms with Gasteiger partial charge in [0.2, 0.25) is 0 Å². The van der Waals surface area contributed by atoms with E-state index in [9.17, 15) is 4.79 Å². The molecule has 0 amide bonds. The number of aromatic nitrogens is 2. The third-order valence-corrected chi connectivity index (χ3v) is 2.39. The Morgan fingerprint density at radius 2 is 2.46 bits per heavy atom. The molecule has 1 aromatic heterocycles. The molecule has 1 aromatic rings. The average molecular weight is 201 g/mol. The second kappa shape index (κ2) is 4.42. The van der Waals surface area contributed by atoms with Crippen LogP contribution in [0.3, 0.4) is 0 Å². The summed E-state index contributed by atoms with van der Waals surface area (Å²) in [7, 11) is 0. The molecule has 0 N–H and O–H groups in total. The van der Waals surface area contributed by atoms with Gasteiger partial charge in [-0.3, -0.25) is 9.48 Å². The minimum atomic E-state index is 0.289. The van der Waals surface area contributed by atoms with Crippen LogP contribution in [0.15, 0.2) is 6.20 Å². The van der Waals surface area contributed by atoms with Gasteiger partial charge in [-0.15, -0.1) is 11.6 Å². The number of halogens is 1. The maximum Gasteiger partial charge on any atom is 0.153 e. The summed E-state index contributed by atoms with van der Waals surface area (Å²) in [6.45, 7) is 4.13. The number of nitrogens with zero attached hydrogens (tertiary/aromatic N) is 2. The summed E-state index contributed by atoms with van der Waals surface area (Å²) >= 11 is 5.64. The topological polar surface area (TPSA) is 34.9 Å². The quantitative estimate of drug-likeness (QED) is 0.553. The molecule has 0 fully saturated rings. The molecule has 0 saturated carbocycles. The number of aldehydes is 1. The molecule has 0 saturated heterocycles. The van der Waals surface area contributed by atoms with E-state index < -0.39 is 0 Å². The Morgan fingerprint density at radius 1 is 1.77 bits per heavy atom. The van der Waals surface area contributed by atoms with E-state index in [0.29, 0.717) is 17.3 Å². The molecule has 1 rings (SSSR count). The number of rotatable bonds is 4. The Balaban J connectivity index is 2.98. The van der Waals surface area contributed by atoms with Crippen LogP contribution in [-0.2, 0) is 5.88 Å². The van der Waals surface area contributed by atoms with Gasteiger partial charge in [-0.25, -0.2) is 0 Å². The highest BCUT2D eigenvalue weighted by Crippen LogP contribution is 2.13. The van der Waals surface area contributed by atoms with Gasteiger partial charge in [0.05, 0.1) is 17.1 Å². The van der Waals surface area contributed by atoms with E-state index in [1.807, 2.05) is 0 Å². The van der Waals surface area contributed by atoms with Crippen molar-refractivity contribution >= 4 is 17.9 Å². The van der Waals surface area contributed by atoms with Crippen LogP contribution in [0.1, 0.15) is 42.4 Å². The molecule has 0 spiro atoms. The van der Waals surface area contributed by atoms with Crippen molar-refractivity contribution in [2.45, 2.75) is 32.2 Å². The first-order valence-electron chi connectivity index (χ1n) is 4.32. The van der Waals surface area contributed by atoms with E-state index in [1.54, 1.807) is 10.9 Å². The van der Waals surface area contributed by atoms with Crippen molar-refractivity contribution in [2.24, 2.45) is 0 Å². The van der Waals surface area contributed by atoms with Crippen LogP contribution in [0.2, 0.25) is 0 Å². The summed E-state index contributed by atoms with van der Waals surface area (Å²) in [4.78, 5) is 10.6. The van der Waals surface area contributed by atoms with Crippen molar-refractivity contribution in [1.29, 1.82) is 0 Å². The molecule has 1 unspecified atom stereocenters. The molecule has 1 heterocycles. The van der Waals surface area contributed by atoms with Crippen molar-refractivity contribution in [3.63, 3.8) is 0 Å². The maximum atomic E-state index is 10.6. The minimum absolute atomic E-state index is 0.289. The fourth-order valence-electron chi connectivity index (χ4n) is 1.06. The van der Waals surface area contributed by atoms with Gasteiger partial charge in [-0.1, -0.05) is 6.92 Å². The first kappa shape index (κ1) is 10.3. The normalized spacial score (nSPS) is 12.8. The van der Waals surface area contributed by atoms with E-state index in [-0.39, 0.29) is 5.88 Å². The van der Waals surface area contributed by atoms with Gasteiger partial charge in [0.15, 0.2) is 6.29 Å². The van der Waals surface area contributed by atoms with Crippen LogP contribution in [0.4, 0.5) is 0 Å². The predicted molar refractivity (Wildman–Crippen MR) is 52.2 cm³/mol. The van der Waals surface area contributed by atoms with Crippen LogP contribution < -0.4 is 0 Å². The van der Waals surface area contributed by atoms with Crippen LogP contribution in [0.5, 0.6) is 0 Å². The number of carbonyl (C=O) groups excluding carboxylic acids is 1. The second-order valence-corrected chi connectivity index (χ2v) is 3.29. The Bertz CT molecular complexity index is 296. The molecule has 13 heavy (non-hydrogen) atoms. The van der Waals surface area contributed by atoms with E-state index in [1.165, 1.54) is 0 Å². The fourth-order valence-corrected chi connectivity index (χ4v) is 1.27. The van der Waals surface area contributed by atoms with Crippen molar-refractivity contribution < 1.29 is 4.79 Å². The highest BCUT2D eigenvalue weighted by Gasteiger charge is 2.09. The zero-order valence-corrected chi connectivity index (χ0v) is 8.58. The zero-order chi connectivity index (χ0) is 9.84. The van der Waals surface area contributed by atoms with Crippen LogP contribution in [-0.4, -0.2) is 16.1 Å². The van der Waals surface area contributed by atoms with Crippen LogP contribution >= 0.6 is 11.6 Å². The molecular weight excluding hydrogens is 188 g/mol. The molecule has 0 aromatic carbocycles. The lowest BCUT2D eigenvalue weighted by Crippen LogP contribution is -2.04. The van der Waals surface area contributed by atoms with Gasteiger partial charge in [0.25, 0.3) is 0 Å². The van der Waals surface area contributed by atoms with E-state index >= 15 is 0 Å². The summed E-state index contributed by atoms with van der Waals surface area (Å²) < 4.78 is 1.79. The smallest absolute Gasteiger partial charge is 0.153 e. The molecule has 4 heteroatoms. The average Bonchev–Trinajstić information content (AvgIpc) is 2.59. The Morgan fingerprint density at radius 3 is 2.85 bits per heavy atom. The first-order valence-corrected chi connectivity index (χ1v) is 4.85. The standard InChI is InChI=1S/C9H13ClN2O/c1-3-7(2)12-5-8(6-13)9(4-10)11-12/h5-7H,3-4H2,1-2H3. The van der Waals surface area contributed by atoms with Crippen molar-refractivity contribution in [1.82, 2.24) is 9.78 Å².